The van der Waals surface area contributed by atoms with Crippen LogP contribution in [-0.2, 0) is 0 Å². The van der Waals surface area contributed by atoms with E-state index in [1.54, 1.807) is 0 Å². The van der Waals surface area contributed by atoms with Gasteiger partial charge in [0.15, 0.2) is 0 Å². The number of furan rings is 1. The quantitative estimate of drug-likeness (QED) is 0.183. The largest absolute Gasteiger partial charge is 0.521 e. The molecule has 11 rings (SSSR count). The maximum Gasteiger partial charge on any atom is 0.521 e. The van der Waals surface area contributed by atoms with E-state index in [0.717, 1.165) is 72.4 Å². The fourth-order valence-electron chi connectivity index (χ4n) is 7.64. The minimum absolute atomic E-state index is 0.295. The van der Waals surface area contributed by atoms with E-state index in [-0.39, 0.29) is 7.12 Å². The lowest BCUT2D eigenvalue weighted by molar-refractivity contribution is 0.653. The van der Waals surface area contributed by atoms with Gasteiger partial charge in [-0.3, -0.25) is 4.98 Å². The van der Waals surface area contributed by atoms with Crippen LogP contribution < -0.4 is 14.4 Å². The van der Waals surface area contributed by atoms with Crippen LogP contribution in [0.1, 0.15) is 0 Å². The van der Waals surface area contributed by atoms with E-state index >= 15 is 0 Å². The number of pyridine rings is 1. The average Bonchev–Trinajstić information content (AvgIpc) is 3.87. The van der Waals surface area contributed by atoms with Crippen molar-refractivity contribution in [1.29, 1.82) is 0 Å². The van der Waals surface area contributed by atoms with E-state index in [1.165, 1.54) is 0 Å². The molecule has 9 heteroatoms. The van der Waals surface area contributed by atoms with Crippen LogP contribution in [0.4, 0.5) is 34.4 Å². The Morgan fingerprint density at radius 1 is 0.521 bits per heavy atom. The van der Waals surface area contributed by atoms with Crippen molar-refractivity contribution in [3.63, 3.8) is 0 Å². The van der Waals surface area contributed by atoms with Gasteiger partial charge in [0, 0.05) is 34.5 Å². The Morgan fingerprint density at radius 2 is 1.25 bits per heavy atom. The Kier molecular flexibility index (Phi) is 5.04. The van der Waals surface area contributed by atoms with Gasteiger partial charge in [-0.1, -0.05) is 66.7 Å². The lowest BCUT2D eigenvalue weighted by atomic mass is 9.87. The highest BCUT2D eigenvalue weighted by molar-refractivity contribution is 6.79. The number of hydrogen-bond donors (Lipinski definition) is 0. The van der Waals surface area contributed by atoms with Crippen molar-refractivity contribution in [2.75, 3.05) is 14.4 Å². The molecule has 0 N–H and O–H groups in total. The minimum Gasteiger partial charge on any atom is -0.438 e. The number of para-hydroxylation sites is 5. The summed E-state index contributed by atoms with van der Waals surface area (Å²) >= 11 is 0. The second-order valence-corrected chi connectivity index (χ2v) is 12.2. The van der Waals surface area contributed by atoms with Gasteiger partial charge in [0.2, 0.25) is 11.7 Å². The molecule has 48 heavy (non-hydrogen) atoms. The smallest absolute Gasteiger partial charge is 0.438 e. The zero-order chi connectivity index (χ0) is 31.3. The number of rotatable bonds is 3. The lowest BCUT2D eigenvalue weighted by Crippen LogP contribution is -2.52. The maximum absolute atomic E-state index is 6.24. The molecule has 9 aromatic rings. The van der Waals surface area contributed by atoms with Gasteiger partial charge in [-0.25, -0.2) is 4.98 Å². The van der Waals surface area contributed by atoms with Crippen molar-refractivity contribution in [1.82, 2.24) is 19.5 Å². The highest BCUT2D eigenvalue weighted by atomic mass is 16.3. The summed E-state index contributed by atoms with van der Waals surface area (Å²) in [6.45, 7) is 0. The van der Waals surface area contributed by atoms with Crippen molar-refractivity contribution in [2.45, 2.75) is 0 Å². The molecule has 0 saturated carbocycles. The second-order valence-electron chi connectivity index (χ2n) is 12.2. The Hall–Kier alpha value is -6.61. The molecule has 2 aliphatic rings. The lowest BCUT2D eigenvalue weighted by Gasteiger charge is -2.30. The molecule has 0 aliphatic carbocycles. The summed E-state index contributed by atoms with van der Waals surface area (Å²) < 4.78 is 8.56. The van der Waals surface area contributed by atoms with Crippen LogP contribution in [0.15, 0.2) is 150 Å². The van der Waals surface area contributed by atoms with Crippen molar-refractivity contribution < 1.29 is 4.42 Å². The third-order valence-corrected chi connectivity index (χ3v) is 9.63. The van der Waals surface area contributed by atoms with Crippen LogP contribution in [0.25, 0.3) is 49.7 Å². The summed E-state index contributed by atoms with van der Waals surface area (Å²) in [6.07, 6.45) is 3.75. The van der Waals surface area contributed by atoms with E-state index in [0.29, 0.717) is 11.7 Å². The Bertz CT molecular complexity index is 2690. The SMILES string of the molecule is c1ccc(N2B3N(c4ncc5c(n4)oc4ccccc45)c4ccccc4N3c3cc(-n4c5ccccc5c5ncccc54)ccc32)cc1. The number of hydrogen-bond acceptors (Lipinski definition) is 7. The van der Waals surface area contributed by atoms with E-state index in [9.17, 15) is 0 Å². The van der Waals surface area contributed by atoms with Gasteiger partial charge in [-0.05, 0) is 66.7 Å². The first-order valence-electron chi connectivity index (χ1n) is 16.0. The van der Waals surface area contributed by atoms with Crippen LogP contribution in [0, 0.1) is 0 Å². The van der Waals surface area contributed by atoms with Gasteiger partial charge < -0.3 is 23.4 Å². The zero-order valence-corrected chi connectivity index (χ0v) is 25.5. The maximum atomic E-state index is 6.24. The Balaban J connectivity index is 1.15. The normalized spacial score (nSPS) is 13.7. The number of anilines is 6. The monoisotopic (exact) mass is 617 g/mol. The molecule has 8 nitrogen and oxygen atoms in total. The molecule has 0 spiro atoms. The molecule has 0 saturated heterocycles. The third-order valence-electron chi connectivity index (χ3n) is 9.63. The van der Waals surface area contributed by atoms with Gasteiger partial charge in [0.05, 0.1) is 44.7 Å². The van der Waals surface area contributed by atoms with Gasteiger partial charge in [-0.15, -0.1) is 0 Å². The highest BCUT2D eigenvalue weighted by Gasteiger charge is 2.54. The van der Waals surface area contributed by atoms with Gasteiger partial charge in [-0.2, -0.15) is 4.98 Å². The van der Waals surface area contributed by atoms with Crippen LogP contribution in [0.5, 0.6) is 0 Å². The highest BCUT2D eigenvalue weighted by Crippen LogP contribution is 2.56. The molecule has 0 bridgehead atoms. The molecule has 0 radical (unpaired) electrons. The van der Waals surface area contributed by atoms with E-state index in [4.69, 9.17) is 19.4 Å². The topological polar surface area (TPSA) is 66.5 Å². The van der Waals surface area contributed by atoms with E-state index < -0.39 is 0 Å². The third kappa shape index (κ3) is 3.36. The standard InChI is InChI=1S/C39H24BN7O/c1-2-11-25(12-3-1)45-33-21-20-26(44-30-15-6-4-14-28(30)37-34(44)18-10-22-41-37)23-35(33)46-31-16-7-8-17-32(31)47(40(45)46)39-42-24-29-27-13-5-9-19-36(27)48-38(29)43-39/h1-24H. The summed E-state index contributed by atoms with van der Waals surface area (Å²) in [5.74, 6) is 0.573. The first-order chi connectivity index (χ1) is 23.8. The van der Waals surface area contributed by atoms with Gasteiger partial charge in [0.1, 0.15) is 5.58 Å². The molecule has 224 valence electrons. The van der Waals surface area contributed by atoms with E-state index in [2.05, 4.69) is 122 Å². The number of fused-ring (bicyclic) bond motifs is 11. The summed E-state index contributed by atoms with van der Waals surface area (Å²) in [4.78, 5) is 21.8. The summed E-state index contributed by atoms with van der Waals surface area (Å²) in [5.41, 5.74) is 11.0. The minimum atomic E-state index is -0.295. The van der Waals surface area contributed by atoms with Crippen molar-refractivity contribution in [2.24, 2.45) is 0 Å². The summed E-state index contributed by atoms with van der Waals surface area (Å²) in [5, 5.41) is 3.04. The molecular formula is C39H24BN7O. The molecule has 0 atom stereocenters. The Labute approximate surface area is 274 Å². The molecule has 4 aromatic heterocycles. The predicted octanol–water partition coefficient (Wildman–Crippen LogP) is 9.29. The van der Waals surface area contributed by atoms with E-state index in [1.807, 2.05) is 42.7 Å². The molecule has 6 heterocycles. The number of benzene rings is 5. The van der Waals surface area contributed by atoms with Crippen LogP contribution in [0.3, 0.4) is 0 Å². The molecule has 5 aromatic carbocycles. The fraction of sp³-hybridized carbons (Fsp3) is 0. The fourth-order valence-corrected chi connectivity index (χ4v) is 7.64. The van der Waals surface area contributed by atoms with Crippen LogP contribution >= 0.6 is 0 Å². The number of aromatic nitrogens is 4. The first-order valence-corrected chi connectivity index (χ1v) is 16.0. The van der Waals surface area contributed by atoms with Crippen LogP contribution in [0.2, 0.25) is 0 Å². The summed E-state index contributed by atoms with van der Waals surface area (Å²) in [6, 6.07) is 46.4. The molecule has 0 fully saturated rings. The van der Waals surface area contributed by atoms with Gasteiger partial charge in [0.25, 0.3) is 0 Å². The first kappa shape index (κ1) is 25.6. The zero-order valence-electron chi connectivity index (χ0n) is 25.5. The summed E-state index contributed by atoms with van der Waals surface area (Å²) in [7, 11) is -0.295. The molecule has 2 aliphatic heterocycles. The second kappa shape index (κ2) is 9.46. The van der Waals surface area contributed by atoms with Crippen LogP contribution in [-0.4, -0.2) is 26.6 Å². The average molecular weight is 617 g/mol. The van der Waals surface area contributed by atoms with Crippen molar-refractivity contribution >= 4 is 85.5 Å². The Morgan fingerprint density at radius 3 is 2.15 bits per heavy atom. The van der Waals surface area contributed by atoms with Crippen molar-refractivity contribution in [3.05, 3.63) is 146 Å². The molecular weight excluding hydrogens is 593 g/mol. The molecule has 0 amide bonds. The van der Waals surface area contributed by atoms with Gasteiger partial charge >= 0.3 is 7.12 Å². The predicted molar refractivity (Wildman–Crippen MR) is 193 cm³/mol. The van der Waals surface area contributed by atoms with Crippen molar-refractivity contribution in [3.8, 4) is 5.69 Å². The molecule has 0 unspecified atom stereocenters. The number of nitrogens with zero attached hydrogens (tertiary/aromatic N) is 7.